The molecule has 2 aromatic rings. The summed E-state index contributed by atoms with van der Waals surface area (Å²) in [7, 11) is 1.60. The minimum Gasteiger partial charge on any atom is -0.496 e. The van der Waals surface area contributed by atoms with E-state index < -0.39 is 12.0 Å². The molecule has 0 aliphatic carbocycles. The van der Waals surface area contributed by atoms with Crippen LogP contribution in [-0.2, 0) is 15.3 Å². The van der Waals surface area contributed by atoms with E-state index in [9.17, 15) is 10.1 Å². The molecule has 0 saturated heterocycles. The normalized spacial score (nSPS) is 15.7. The molecule has 2 aromatic carbocycles. The molecule has 0 spiro atoms. The third kappa shape index (κ3) is 4.66. The highest BCUT2D eigenvalue weighted by molar-refractivity contribution is 8.13. The number of amidine groups is 1. The first-order chi connectivity index (χ1) is 14.6. The van der Waals surface area contributed by atoms with Gasteiger partial charge in [-0.25, -0.2) is 9.79 Å². The maximum atomic E-state index is 12.7. The van der Waals surface area contributed by atoms with Gasteiger partial charge in [0.1, 0.15) is 11.8 Å². The van der Waals surface area contributed by atoms with Crippen molar-refractivity contribution in [3.8, 4) is 11.8 Å². The van der Waals surface area contributed by atoms with Gasteiger partial charge in [-0.1, -0.05) is 48.2 Å². The van der Waals surface area contributed by atoms with Crippen LogP contribution in [0.2, 0.25) is 0 Å². The predicted molar refractivity (Wildman–Crippen MR) is 118 cm³/mol. The number of esters is 1. The fourth-order valence-corrected chi connectivity index (χ4v) is 4.16. The summed E-state index contributed by atoms with van der Waals surface area (Å²) in [4.78, 5) is 17.5. The van der Waals surface area contributed by atoms with E-state index in [-0.39, 0.29) is 6.61 Å². The third-order valence-corrected chi connectivity index (χ3v) is 5.59. The molecule has 0 bridgehead atoms. The number of benzene rings is 2. The van der Waals surface area contributed by atoms with Gasteiger partial charge in [0.05, 0.1) is 30.9 Å². The highest BCUT2D eigenvalue weighted by Crippen LogP contribution is 2.37. The lowest BCUT2D eigenvalue weighted by molar-refractivity contribution is -0.138. The minimum atomic E-state index is -0.546. The molecule has 0 amide bonds. The molecule has 1 atom stereocenters. The zero-order valence-electron chi connectivity index (χ0n) is 17.1. The van der Waals surface area contributed by atoms with Crippen molar-refractivity contribution in [2.24, 2.45) is 4.99 Å². The van der Waals surface area contributed by atoms with E-state index in [1.54, 1.807) is 20.1 Å². The van der Waals surface area contributed by atoms with Crippen LogP contribution in [0.4, 0.5) is 0 Å². The molecule has 154 valence electrons. The second-order valence-electron chi connectivity index (χ2n) is 6.52. The van der Waals surface area contributed by atoms with E-state index in [4.69, 9.17) is 14.5 Å². The lowest BCUT2D eigenvalue weighted by atomic mass is 9.96. The summed E-state index contributed by atoms with van der Waals surface area (Å²) in [6.07, 6.45) is 0. The van der Waals surface area contributed by atoms with Gasteiger partial charge in [0.15, 0.2) is 5.17 Å². The third-order valence-electron chi connectivity index (χ3n) is 4.65. The van der Waals surface area contributed by atoms with Gasteiger partial charge < -0.3 is 14.8 Å². The summed E-state index contributed by atoms with van der Waals surface area (Å²) in [6.45, 7) is 3.90. The maximum Gasteiger partial charge on any atom is 0.338 e. The van der Waals surface area contributed by atoms with E-state index in [2.05, 4.69) is 11.4 Å². The summed E-state index contributed by atoms with van der Waals surface area (Å²) in [6, 6.07) is 16.7. The van der Waals surface area contributed by atoms with Crippen molar-refractivity contribution < 1.29 is 14.3 Å². The monoisotopic (exact) mass is 421 g/mol. The van der Waals surface area contributed by atoms with Crippen molar-refractivity contribution in [1.82, 2.24) is 5.32 Å². The Morgan fingerprint density at radius 2 is 1.97 bits per heavy atom. The topological polar surface area (TPSA) is 83.7 Å². The summed E-state index contributed by atoms with van der Waals surface area (Å²) in [5.74, 6) is 0.832. The molecule has 0 radical (unpaired) electrons. The Morgan fingerprint density at radius 3 is 2.70 bits per heavy atom. The molecule has 3 rings (SSSR count). The highest BCUT2D eigenvalue weighted by Gasteiger charge is 2.32. The molecule has 30 heavy (non-hydrogen) atoms. The number of thioether (sulfide) groups is 1. The van der Waals surface area contributed by atoms with E-state index in [1.165, 1.54) is 11.8 Å². The molecule has 0 unspecified atom stereocenters. The molecule has 1 heterocycles. The highest BCUT2D eigenvalue weighted by atomic mass is 32.2. The fraction of sp³-hybridized carbons (Fsp3) is 0.261. The lowest BCUT2D eigenvalue weighted by Crippen LogP contribution is -2.30. The average molecular weight is 422 g/mol. The van der Waals surface area contributed by atoms with Gasteiger partial charge in [0.2, 0.25) is 0 Å². The molecule has 1 aliphatic rings. The van der Waals surface area contributed by atoms with Crippen molar-refractivity contribution in [3.63, 3.8) is 0 Å². The number of para-hydroxylation sites is 1. The Hall–Kier alpha value is -3.24. The van der Waals surface area contributed by atoms with Crippen molar-refractivity contribution in [3.05, 3.63) is 76.5 Å². The zero-order chi connectivity index (χ0) is 21.5. The van der Waals surface area contributed by atoms with Gasteiger partial charge in [-0.3, -0.25) is 0 Å². The predicted octanol–water partition coefficient (Wildman–Crippen LogP) is 4.34. The molecule has 0 fully saturated rings. The van der Waals surface area contributed by atoms with Gasteiger partial charge in [-0.2, -0.15) is 5.26 Å². The van der Waals surface area contributed by atoms with Gasteiger partial charge in [-0.05, 0) is 31.5 Å². The molecule has 1 aliphatic heterocycles. The number of methoxy groups -OCH3 is 1. The van der Waals surface area contributed by atoms with Crippen LogP contribution in [0.15, 0.2) is 64.8 Å². The number of ether oxygens (including phenoxy) is 2. The summed E-state index contributed by atoms with van der Waals surface area (Å²) in [5.41, 5.74) is 3.52. The first-order valence-electron chi connectivity index (χ1n) is 9.55. The Balaban J connectivity index is 1.95. The smallest absolute Gasteiger partial charge is 0.338 e. The van der Waals surface area contributed by atoms with Gasteiger partial charge in [0.25, 0.3) is 0 Å². The Morgan fingerprint density at radius 1 is 1.23 bits per heavy atom. The Bertz CT molecular complexity index is 1040. The van der Waals surface area contributed by atoms with Crippen molar-refractivity contribution in [1.29, 1.82) is 5.26 Å². The van der Waals surface area contributed by atoms with Crippen molar-refractivity contribution >= 4 is 22.9 Å². The van der Waals surface area contributed by atoms with E-state index in [0.29, 0.717) is 33.5 Å². The number of aliphatic imine (C=N–C) groups is 1. The average Bonchev–Trinajstić information content (AvgIpc) is 2.77. The Labute approximate surface area is 180 Å². The molecule has 0 aromatic heterocycles. The molecular formula is C23H23N3O3S. The SMILES string of the molecule is CCOC(=O)C1=C(C)NC(SCc2ccccc2C#N)=N[C@@H]1c1ccccc1OC. The van der Waals surface area contributed by atoms with Crippen molar-refractivity contribution in [2.45, 2.75) is 25.6 Å². The summed E-state index contributed by atoms with van der Waals surface area (Å²) >= 11 is 1.48. The van der Waals surface area contributed by atoms with Crippen LogP contribution in [0, 0.1) is 11.3 Å². The van der Waals surface area contributed by atoms with Gasteiger partial charge in [-0.15, -0.1) is 0 Å². The lowest BCUT2D eigenvalue weighted by Gasteiger charge is -2.26. The number of nitriles is 1. The number of allylic oxidation sites excluding steroid dienone is 1. The quantitative estimate of drug-likeness (QED) is 0.699. The fourth-order valence-electron chi connectivity index (χ4n) is 3.21. The summed E-state index contributed by atoms with van der Waals surface area (Å²) < 4.78 is 10.8. The second kappa shape index (κ2) is 9.99. The first kappa shape index (κ1) is 21.5. The van der Waals surface area contributed by atoms with Crippen LogP contribution < -0.4 is 10.1 Å². The van der Waals surface area contributed by atoms with Gasteiger partial charge in [0, 0.05) is 17.0 Å². The first-order valence-corrected chi connectivity index (χ1v) is 10.5. The van der Waals surface area contributed by atoms with Crippen LogP contribution in [0.25, 0.3) is 0 Å². The van der Waals surface area contributed by atoms with Crippen LogP contribution >= 0.6 is 11.8 Å². The van der Waals surface area contributed by atoms with Crippen LogP contribution in [0.1, 0.15) is 36.6 Å². The van der Waals surface area contributed by atoms with Crippen LogP contribution in [0.5, 0.6) is 5.75 Å². The van der Waals surface area contributed by atoms with Crippen LogP contribution in [-0.4, -0.2) is 24.9 Å². The van der Waals surface area contributed by atoms with Crippen molar-refractivity contribution in [2.75, 3.05) is 13.7 Å². The van der Waals surface area contributed by atoms with E-state index in [0.717, 1.165) is 11.1 Å². The molecule has 1 N–H and O–H groups in total. The van der Waals surface area contributed by atoms with E-state index >= 15 is 0 Å². The molecule has 7 heteroatoms. The number of nitrogens with zero attached hydrogens (tertiary/aromatic N) is 2. The zero-order valence-corrected chi connectivity index (χ0v) is 18.0. The van der Waals surface area contributed by atoms with Gasteiger partial charge >= 0.3 is 5.97 Å². The van der Waals surface area contributed by atoms with E-state index in [1.807, 2.05) is 49.4 Å². The second-order valence-corrected chi connectivity index (χ2v) is 7.48. The summed E-state index contributed by atoms with van der Waals surface area (Å²) in [5, 5.41) is 13.2. The number of hydrogen-bond donors (Lipinski definition) is 1. The maximum absolute atomic E-state index is 12.7. The number of rotatable bonds is 6. The molecule has 6 nitrogen and oxygen atoms in total. The molecule has 0 saturated carbocycles. The number of nitrogens with one attached hydrogen (secondary N) is 1. The standard InChI is InChI=1S/C23H23N3O3S/c1-4-29-22(27)20-15(2)25-23(30-14-17-10-6-5-9-16(17)13-24)26-21(20)18-11-7-8-12-19(18)28-3/h5-12,21H,4,14H2,1-3H3,(H,25,26)/t21-/m1/s1. The minimum absolute atomic E-state index is 0.282. The Kier molecular flexibility index (Phi) is 7.15. The number of hydrogen-bond acceptors (Lipinski definition) is 7. The number of carbonyl (C=O) groups excluding carboxylic acids is 1. The number of carbonyl (C=O) groups is 1. The largest absolute Gasteiger partial charge is 0.496 e. The molecular weight excluding hydrogens is 398 g/mol. The van der Waals surface area contributed by atoms with Crippen LogP contribution in [0.3, 0.4) is 0 Å².